The van der Waals surface area contributed by atoms with Gasteiger partial charge in [-0.2, -0.15) is 5.10 Å². The summed E-state index contributed by atoms with van der Waals surface area (Å²) >= 11 is 1.66. The van der Waals surface area contributed by atoms with E-state index < -0.39 is 4.87 Å². The Balaban J connectivity index is 1.80. The Morgan fingerprint density at radius 1 is 1.17 bits per heavy atom. The smallest absolute Gasteiger partial charge is 0.312 e. The van der Waals surface area contributed by atoms with Crippen LogP contribution in [0, 0.1) is 5.92 Å². The summed E-state index contributed by atoms with van der Waals surface area (Å²) in [6.07, 6.45) is 0.750. The maximum Gasteiger partial charge on any atom is 0.312 e. The summed E-state index contributed by atoms with van der Waals surface area (Å²) in [7, 11) is 1.46. The normalized spacial score (nSPS) is 25.3. The molecule has 0 spiro atoms. The summed E-state index contributed by atoms with van der Waals surface area (Å²) in [5.74, 6) is -0.404. The van der Waals surface area contributed by atoms with Crippen LogP contribution in [0.15, 0.2) is 65.8 Å². The fraction of sp³-hybridized carbons (Fsp3) is 0.263. The van der Waals surface area contributed by atoms with Crippen LogP contribution in [-0.4, -0.2) is 29.7 Å². The Bertz CT molecular complexity index is 778. The predicted octanol–water partition coefficient (Wildman–Crippen LogP) is 3.44. The van der Waals surface area contributed by atoms with E-state index in [1.807, 2.05) is 36.4 Å². The van der Waals surface area contributed by atoms with E-state index in [9.17, 15) is 4.79 Å². The van der Waals surface area contributed by atoms with Crippen LogP contribution in [0.4, 0.5) is 0 Å². The fourth-order valence-electron chi connectivity index (χ4n) is 3.52. The van der Waals surface area contributed by atoms with Crippen LogP contribution < -0.4 is 0 Å². The molecule has 0 amide bonds. The minimum absolute atomic E-state index is 0.168. The fourth-order valence-corrected chi connectivity index (χ4v) is 5.06. The summed E-state index contributed by atoms with van der Waals surface area (Å²) in [4.78, 5) is 12.0. The summed E-state index contributed by atoms with van der Waals surface area (Å²) in [5, 5.41) is 7.86. The first kappa shape index (κ1) is 15.3. The van der Waals surface area contributed by atoms with Crippen LogP contribution >= 0.6 is 11.8 Å². The zero-order valence-electron chi connectivity index (χ0n) is 13.4. The first-order chi connectivity index (χ1) is 11.8. The van der Waals surface area contributed by atoms with Crippen LogP contribution in [0.3, 0.4) is 0 Å². The molecule has 0 saturated carbocycles. The molecule has 122 valence electrons. The molecule has 4 nitrogen and oxygen atoms in total. The second-order valence-corrected chi connectivity index (χ2v) is 7.14. The van der Waals surface area contributed by atoms with Crippen molar-refractivity contribution in [3.8, 4) is 0 Å². The molecule has 1 saturated heterocycles. The van der Waals surface area contributed by atoms with Crippen LogP contribution in [-0.2, 0) is 14.4 Å². The van der Waals surface area contributed by atoms with Crippen molar-refractivity contribution in [2.24, 2.45) is 11.0 Å². The molecule has 0 radical (unpaired) electrons. The molecule has 2 aromatic carbocycles. The number of hydrazone groups is 1. The number of carbonyl (C=O) groups is 1. The summed E-state index contributed by atoms with van der Waals surface area (Å²) in [6.45, 7) is 0.748. The highest BCUT2D eigenvalue weighted by atomic mass is 32.2. The van der Waals surface area contributed by atoms with E-state index in [4.69, 9.17) is 9.84 Å². The van der Waals surface area contributed by atoms with Gasteiger partial charge < -0.3 is 4.74 Å². The maximum atomic E-state index is 12.5. The van der Waals surface area contributed by atoms with E-state index in [2.05, 4.69) is 29.3 Å². The van der Waals surface area contributed by atoms with E-state index >= 15 is 0 Å². The van der Waals surface area contributed by atoms with Gasteiger partial charge in [-0.3, -0.25) is 9.80 Å². The van der Waals surface area contributed by atoms with Crippen molar-refractivity contribution in [1.82, 2.24) is 5.01 Å². The lowest BCUT2D eigenvalue weighted by Gasteiger charge is -2.34. The lowest BCUT2D eigenvalue weighted by Crippen LogP contribution is -2.40. The minimum Gasteiger partial charge on any atom is -0.469 e. The maximum absolute atomic E-state index is 12.5. The quantitative estimate of drug-likeness (QED) is 0.804. The monoisotopic (exact) mass is 338 g/mol. The molecule has 0 bridgehead atoms. The Hall–Kier alpha value is -2.27. The van der Waals surface area contributed by atoms with E-state index in [0.29, 0.717) is 0 Å². The highest BCUT2D eigenvalue weighted by Gasteiger charge is 2.58. The van der Waals surface area contributed by atoms with Crippen LogP contribution in [0.25, 0.3) is 0 Å². The molecule has 24 heavy (non-hydrogen) atoms. The van der Waals surface area contributed by atoms with Crippen molar-refractivity contribution in [1.29, 1.82) is 0 Å². The lowest BCUT2D eigenvalue weighted by atomic mass is 9.93. The van der Waals surface area contributed by atoms with Gasteiger partial charge in [0, 0.05) is 12.1 Å². The minimum atomic E-state index is -0.514. The predicted molar refractivity (Wildman–Crippen MR) is 95.5 cm³/mol. The van der Waals surface area contributed by atoms with Crippen LogP contribution in [0.2, 0.25) is 0 Å². The summed E-state index contributed by atoms with van der Waals surface area (Å²) in [5.41, 5.74) is 2.17. The van der Waals surface area contributed by atoms with E-state index in [-0.39, 0.29) is 11.9 Å². The zero-order chi connectivity index (χ0) is 16.6. The van der Waals surface area contributed by atoms with Crippen LogP contribution in [0.1, 0.15) is 17.5 Å². The average Bonchev–Trinajstić information content (AvgIpc) is 3.19. The summed E-state index contributed by atoms with van der Waals surface area (Å²) in [6, 6.07) is 20.3. The second-order valence-electron chi connectivity index (χ2n) is 5.92. The van der Waals surface area contributed by atoms with Gasteiger partial charge in [-0.05, 0) is 12.0 Å². The van der Waals surface area contributed by atoms with Crippen molar-refractivity contribution in [2.75, 3.05) is 13.7 Å². The highest BCUT2D eigenvalue weighted by molar-refractivity contribution is 8.15. The highest BCUT2D eigenvalue weighted by Crippen LogP contribution is 2.56. The first-order valence-corrected chi connectivity index (χ1v) is 8.81. The first-order valence-electron chi connectivity index (χ1n) is 8.00. The Morgan fingerprint density at radius 2 is 1.83 bits per heavy atom. The van der Waals surface area contributed by atoms with Gasteiger partial charge in [0.15, 0.2) is 0 Å². The summed E-state index contributed by atoms with van der Waals surface area (Å²) < 4.78 is 5.10. The van der Waals surface area contributed by atoms with E-state index in [1.54, 1.807) is 11.8 Å². The number of benzene rings is 2. The number of hydrogen-bond donors (Lipinski definition) is 0. The number of fused-ring (bicyclic) bond motifs is 1. The Morgan fingerprint density at radius 3 is 2.50 bits per heavy atom. The second kappa shape index (κ2) is 5.98. The van der Waals surface area contributed by atoms with Gasteiger partial charge in [-0.25, -0.2) is 0 Å². The third-order valence-corrected chi connectivity index (χ3v) is 6.20. The third kappa shape index (κ3) is 2.23. The number of methoxy groups -OCH3 is 1. The largest absolute Gasteiger partial charge is 0.469 e. The van der Waals surface area contributed by atoms with Gasteiger partial charge in [0.25, 0.3) is 0 Å². The van der Waals surface area contributed by atoms with Gasteiger partial charge in [0.2, 0.25) is 0 Å². The molecule has 2 aliphatic rings. The molecule has 0 aromatic heterocycles. The topological polar surface area (TPSA) is 41.9 Å². The Labute approximate surface area is 145 Å². The van der Waals surface area contributed by atoms with Gasteiger partial charge in [-0.1, -0.05) is 72.4 Å². The van der Waals surface area contributed by atoms with E-state index in [1.165, 1.54) is 7.11 Å². The van der Waals surface area contributed by atoms with Gasteiger partial charge in [0.05, 0.1) is 13.0 Å². The SMILES string of the molecule is COC(=O)[C@H]1CCN2N=C(c3ccccc3)S[C@@]12c1ccccc1. The molecule has 4 rings (SSSR count). The number of carbonyl (C=O) groups excluding carboxylic acids is 1. The van der Waals surface area contributed by atoms with Crippen molar-refractivity contribution < 1.29 is 9.53 Å². The molecule has 1 fully saturated rings. The molecule has 2 atom stereocenters. The van der Waals surface area contributed by atoms with Crippen molar-refractivity contribution in [3.63, 3.8) is 0 Å². The molecule has 2 heterocycles. The van der Waals surface area contributed by atoms with Crippen molar-refractivity contribution >= 4 is 22.8 Å². The molecule has 2 aromatic rings. The number of rotatable bonds is 3. The van der Waals surface area contributed by atoms with Gasteiger partial charge in [0.1, 0.15) is 9.91 Å². The number of hydrogen-bond acceptors (Lipinski definition) is 5. The number of ether oxygens (including phenoxy) is 1. The Kier molecular flexibility index (Phi) is 3.81. The molecule has 2 aliphatic heterocycles. The van der Waals surface area contributed by atoms with Gasteiger partial charge >= 0.3 is 5.97 Å². The average molecular weight is 338 g/mol. The van der Waals surface area contributed by atoms with Crippen LogP contribution in [0.5, 0.6) is 0 Å². The standard InChI is InChI=1S/C19H18N2O2S/c1-23-18(22)16-12-13-21-19(16,15-10-6-3-7-11-15)24-17(20-21)14-8-4-2-5-9-14/h2-11,16H,12-13H2,1H3/t16-,19+/m1/s1. The molecule has 0 aliphatic carbocycles. The lowest BCUT2D eigenvalue weighted by molar-refractivity contribution is -0.147. The third-order valence-electron chi connectivity index (χ3n) is 4.64. The van der Waals surface area contributed by atoms with Crippen molar-refractivity contribution in [2.45, 2.75) is 11.3 Å². The van der Waals surface area contributed by atoms with E-state index in [0.717, 1.165) is 29.1 Å². The molecular formula is C19H18N2O2S. The molecule has 0 unspecified atom stereocenters. The molecule has 5 heteroatoms. The zero-order valence-corrected chi connectivity index (χ0v) is 14.2. The molecule has 0 N–H and O–H groups in total. The number of nitrogens with zero attached hydrogens (tertiary/aromatic N) is 2. The molecular weight excluding hydrogens is 320 g/mol. The number of esters is 1. The van der Waals surface area contributed by atoms with Crippen molar-refractivity contribution in [3.05, 3.63) is 71.8 Å². The van der Waals surface area contributed by atoms with Gasteiger partial charge in [-0.15, -0.1) is 0 Å². The number of thioether (sulfide) groups is 1.